The molecule has 0 aliphatic rings. The minimum Gasteiger partial charge on any atom is -0.406 e. The Morgan fingerprint density at radius 3 is 2.22 bits per heavy atom. The number of halogens is 3. The summed E-state index contributed by atoms with van der Waals surface area (Å²) in [4.78, 5) is 35.5. The fourth-order valence-corrected chi connectivity index (χ4v) is 4.31. The monoisotopic (exact) mass is 689 g/mol. The highest BCUT2D eigenvalue weighted by molar-refractivity contribution is 5.90. The van der Waals surface area contributed by atoms with Gasteiger partial charge in [0.2, 0.25) is 0 Å². The molecule has 12 nitrogen and oxygen atoms in total. The van der Waals surface area contributed by atoms with Crippen LogP contribution in [0.25, 0.3) is 11.1 Å². The van der Waals surface area contributed by atoms with Crippen LogP contribution in [-0.4, -0.2) is 53.5 Å². The van der Waals surface area contributed by atoms with Gasteiger partial charge in [0.05, 0.1) is 5.56 Å². The van der Waals surface area contributed by atoms with Crippen molar-refractivity contribution >= 4 is 17.7 Å². The quantitative estimate of drug-likeness (QED) is 0.0793. The number of hydrogen-bond donors (Lipinski definition) is 7. The summed E-state index contributed by atoms with van der Waals surface area (Å²) in [7, 11) is 0. The van der Waals surface area contributed by atoms with Gasteiger partial charge in [0.25, 0.3) is 5.56 Å². The molecule has 270 valence electrons. The fourth-order valence-electron chi connectivity index (χ4n) is 4.31. The number of amides is 2. The van der Waals surface area contributed by atoms with Gasteiger partial charge in [-0.25, -0.2) is 9.78 Å². The first-order chi connectivity index (χ1) is 22.8. The highest BCUT2D eigenvalue weighted by Gasteiger charge is 2.31. The van der Waals surface area contributed by atoms with Crippen LogP contribution in [0.1, 0.15) is 71.3 Å². The minimum absolute atomic E-state index is 0.115. The number of urea groups is 1. The number of ether oxygens (including phenoxy) is 1. The molecule has 1 heterocycles. The number of benzene rings is 2. The van der Waals surface area contributed by atoms with E-state index in [1.54, 1.807) is 6.20 Å². The van der Waals surface area contributed by atoms with Crippen LogP contribution in [0.2, 0.25) is 0 Å². The summed E-state index contributed by atoms with van der Waals surface area (Å²) in [5.41, 5.74) is 18.8. The largest absolute Gasteiger partial charge is 0.573 e. The standard InChI is InChI=1S/C19H28N6O.C15H22F3N3O2/c1-19(2,3)17-24-12-15(16(26)25-17)14-7-5-13(6-8-14)11-22-9-4-10-23-18(20)21;1-14(2,3)21-13(22)20-12-7-6-11(23-15(16,17)18)9-10(12)5-4-8-19/h5-8,12,22H,4,9-11H2,1-3H3,(H4,20,21,23)(H,24,25,26);6-7,9H,4-5,8,19H2,1-3H3,(H2,20,21,22). The Labute approximate surface area is 285 Å². The number of alkyl halides is 3. The summed E-state index contributed by atoms with van der Waals surface area (Å²) in [5, 5.41) is 8.70. The van der Waals surface area contributed by atoms with E-state index in [2.05, 4.69) is 35.6 Å². The van der Waals surface area contributed by atoms with E-state index in [9.17, 15) is 22.8 Å². The van der Waals surface area contributed by atoms with E-state index in [4.69, 9.17) is 17.2 Å². The van der Waals surface area contributed by atoms with Crippen LogP contribution in [0.5, 0.6) is 5.75 Å². The van der Waals surface area contributed by atoms with Gasteiger partial charge in [-0.05, 0) is 88.0 Å². The predicted molar refractivity (Wildman–Crippen MR) is 188 cm³/mol. The second kappa shape index (κ2) is 18.2. The van der Waals surface area contributed by atoms with Crippen LogP contribution >= 0.6 is 0 Å². The molecule has 3 aromatic rings. The summed E-state index contributed by atoms with van der Waals surface area (Å²) in [6, 6.07) is 11.3. The van der Waals surface area contributed by atoms with Crippen molar-refractivity contribution in [2.24, 2.45) is 22.2 Å². The second-order valence-corrected chi connectivity index (χ2v) is 13.3. The highest BCUT2D eigenvalue weighted by atomic mass is 19.4. The maximum atomic E-state index is 12.4. The molecule has 0 aliphatic heterocycles. The molecular formula is C34H50F3N9O3. The molecule has 0 radical (unpaired) electrons. The summed E-state index contributed by atoms with van der Waals surface area (Å²) in [6.07, 6.45) is -1.24. The van der Waals surface area contributed by atoms with Crippen LogP contribution in [-0.2, 0) is 18.4 Å². The number of H-pyrrole nitrogens is 1. The number of aliphatic imine (C=N–C) groups is 1. The minimum atomic E-state index is -4.76. The molecule has 1 aromatic heterocycles. The van der Waals surface area contributed by atoms with E-state index in [1.807, 2.05) is 65.8 Å². The van der Waals surface area contributed by atoms with E-state index in [0.29, 0.717) is 48.6 Å². The number of nitrogens with zero attached hydrogens (tertiary/aromatic N) is 2. The van der Waals surface area contributed by atoms with Crippen molar-refractivity contribution in [1.29, 1.82) is 0 Å². The summed E-state index contributed by atoms with van der Waals surface area (Å²) in [6.45, 7) is 14.1. The van der Waals surface area contributed by atoms with Gasteiger partial charge in [-0.1, -0.05) is 45.0 Å². The number of carbonyl (C=O) groups excluding carboxylic acids is 1. The summed E-state index contributed by atoms with van der Waals surface area (Å²) in [5.74, 6) is 0.486. The number of nitrogens with one attached hydrogen (secondary N) is 4. The molecule has 0 aliphatic carbocycles. The number of nitrogens with two attached hydrogens (primary N) is 3. The normalized spacial score (nSPS) is 11.6. The van der Waals surface area contributed by atoms with E-state index >= 15 is 0 Å². The number of carbonyl (C=O) groups is 1. The molecule has 0 spiro atoms. The van der Waals surface area contributed by atoms with Gasteiger partial charge in [0, 0.05) is 35.9 Å². The maximum absolute atomic E-state index is 12.4. The zero-order valence-corrected chi connectivity index (χ0v) is 29.1. The zero-order chi connectivity index (χ0) is 36.8. The Kier molecular flexibility index (Phi) is 15.1. The third-order valence-electron chi connectivity index (χ3n) is 6.61. The van der Waals surface area contributed by atoms with Crippen molar-refractivity contribution in [2.75, 3.05) is 25.0 Å². The first-order valence-corrected chi connectivity index (χ1v) is 15.9. The average molecular weight is 690 g/mol. The number of guanidine groups is 1. The molecule has 0 bridgehead atoms. The Bertz CT molecular complexity index is 1570. The van der Waals surface area contributed by atoms with Crippen molar-refractivity contribution in [1.82, 2.24) is 20.6 Å². The number of aromatic amines is 1. The van der Waals surface area contributed by atoms with Gasteiger partial charge in [-0.15, -0.1) is 13.2 Å². The molecule has 0 saturated carbocycles. The first-order valence-electron chi connectivity index (χ1n) is 15.9. The molecule has 2 aromatic carbocycles. The average Bonchev–Trinajstić information content (AvgIpc) is 2.97. The molecule has 0 saturated heterocycles. The lowest BCUT2D eigenvalue weighted by Gasteiger charge is -2.22. The fraction of sp³-hybridized carbons (Fsp3) is 0.471. The molecule has 49 heavy (non-hydrogen) atoms. The number of aryl methyl sites for hydroxylation is 1. The van der Waals surface area contributed by atoms with Gasteiger partial charge in [0.1, 0.15) is 11.6 Å². The van der Waals surface area contributed by atoms with Crippen molar-refractivity contribution in [3.05, 3.63) is 76.0 Å². The summed E-state index contributed by atoms with van der Waals surface area (Å²) < 4.78 is 40.8. The van der Waals surface area contributed by atoms with Crippen molar-refractivity contribution < 1.29 is 22.7 Å². The van der Waals surface area contributed by atoms with Crippen LogP contribution in [0.3, 0.4) is 0 Å². The molecular weight excluding hydrogens is 639 g/mol. The van der Waals surface area contributed by atoms with Gasteiger partial charge < -0.3 is 42.9 Å². The molecule has 0 unspecified atom stereocenters. The molecule has 2 amide bonds. The van der Waals surface area contributed by atoms with Crippen molar-refractivity contribution in [2.45, 2.75) is 84.7 Å². The van der Waals surface area contributed by atoms with Crippen molar-refractivity contribution in [3.63, 3.8) is 0 Å². The molecule has 10 N–H and O–H groups in total. The number of hydrogen-bond acceptors (Lipinski definition) is 7. The second-order valence-electron chi connectivity index (χ2n) is 13.3. The molecule has 0 atom stereocenters. The number of rotatable bonds is 12. The summed E-state index contributed by atoms with van der Waals surface area (Å²) >= 11 is 0. The Morgan fingerprint density at radius 2 is 1.67 bits per heavy atom. The van der Waals surface area contributed by atoms with Crippen LogP contribution in [0.4, 0.5) is 23.7 Å². The van der Waals surface area contributed by atoms with Gasteiger partial charge in [-0.3, -0.25) is 9.79 Å². The lowest BCUT2D eigenvalue weighted by molar-refractivity contribution is -0.274. The lowest BCUT2D eigenvalue weighted by atomic mass is 9.95. The van der Waals surface area contributed by atoms with Crippen LogP contribution < -0.4 is 43.4 Å². The molecule has 0 fully saturated rings. The van der Waals surface area contributed by atoms with Gasteiger partial charge in [-0.2, -0.15) is 0 Å². The zero-order valence-electron chi connectivity index (χ0n) is 29.1. The van der Waals surface area contributed by atoms with E-state index in [-0.39, 0.29) is 22.7 Å². The Morgan fingerprint density at radius 1 is 1.00 bits per heavy atom. The smallest absolute Gasteiger partial charge is 0.406 e. The topological polar surface area (TPSA) is 199 Å². The Balaban J connectivity index is 0.000000343. The third-order valence-corrected chi connectivity index (χ3v) is 6.61. The SMILES string of the molecule is CC(C)(C)NC(=O)Nc1ccc(OC(F)(F)F)cc1CCCN.CC(C)(C)c1ncc(-c2ccc(CNCCCN=C(N)N)cc2)c(=O)[nH]1. The molecule has 3 rings (SSSR count). The van der Waals surface area contributed by atoms with E-state index in [1.165, 1.54) is 12.1 Å². The van der Waals surface area contributed by atoms with Gasteiger partial charge in [0.15, 0.2) is 5.96 Å². The van der Waals surface area contributed by atoms with E-state index in [0.717, 1.165) is 36.7 Å². The highest BCUT2D eigenvalue weighted by Crippen LogP contribution is 2.28. The third kappa shape index (κ3) is 15.9. The maximum Gasteiger partial charge on any atom is 0.573 e. The van der Waals surface area contributed by atoms with Crippen LogP contribution in [0, 0.1) is 0 Å². The van der Waals surface area contributed by atoms with Crippen molar-refractivity contribution in [3.8, 4) is 16.9 Å². The van der Waals surface area contributed by atoms with Gasteiger partial charge >= 0.3 is 12.4 Å². The number of aromatic nitrogens is 2. The predicted octanol–water partition coefficient (Wildman–Crippen LogP) is 4.88. The lowest BCUT2D eigenvalue weighted by Crippen LogP contribution is -2.43. The van der Waals surface area contributed by atoms with E-state index < -0.39 is 17.9 Å². The molecule has 15 heteroatoms. The Hall–Kier alpha value is -4.63. The van der Waals surface area contributed by atoms with Crippen LogP contribution in [0.15, 0.2) is 58.4 Å². The first kappa shape index (κ1) is 40.5. The number of anilines is 1.